The van der Waals surface area contributed by atoms with Crippen molar-refractivity contribution >= 4 is 34.3 Å². The molecule has 5 nitrogen and oxygen atoms in total. The van der Waals surface area contributed by atoms with E-state index in [1.54, 1.807) is 6.07 Å². The van der Waals surface area contributed by atoms with Crippen LogP contribution >= 0.6 is 23.2 Å². The van der Waals surface area contributed by atoms with Crippen molar-refractivity contribution < 1.29 is 13.7 Å². The zero-order valence-electron chi connectivity index (χ0n) is 24.0. The number of benzene rings is 3. The Balaban J connectivity index is 1.31. The van der Waals surface area contributed by atoms with E-state index >= 15 is 0 Å². The zero-order chi connectivity index (χ0) is 29.8. The molecular weight excluding hydrogens is 586 g/mol. The molecule has 2 aliphatic carbocycles. The average molecular weight is 622 g/mol. The first-order valence-corrected chi connectivity index (χ1v) is 16.0. The van der Waals surface area contributed by atoms with Crippen molar-refractivity contribution in [2.45, 2.75) is 70.3 Å². The van der Waals surface area contributed by atoms with Crippen molar-refractivity contribution in [3.63, 3.8) is 0 Å². The van der Waals surface area contributed by atoms with Crippen molar-refractivity contribution in [2.75, 3.05) is 6.67 Å². The number of nitrogens with one attached hydrogen (secondary N) is 1. The van der Waals surface area contributed by atoms with Gasteiger partial charge in [-0.05, 0) is 115 Å². The summed E-state index contributed by atoms with van der Waals surface area (Å²) in [6, 6.07) is 20.2. The summed E-state index contributed by atoms with van der Waals surface area (Å²) in [5.41, 5.74) is 7.44. The standard InChI is InChI=1S/C35H35Cl2FN2O3/c36-26-12-17-30(32(37)21-26)31-7-4-6-24-20-25(34-39-35(41)43-40-34)11-16-29(24)33(31)23-9-14-27(15-10-23)42-28-13-8-22(19-28)5-2-1-3-18-38/h9-12,14-17,20-22,28H,1-8,13,18-19H2,(H,39,40,41)/t22?,28-/m0/s1. The van der Waals surface area contributed by atoms with Gasteiger partial charge in [0, 0.05) is 15.6 Å². The lowest BCUT2D eigenvalue weighted by atomic mass is 9.87. The summed E-state index contributed by atoms with van der Waals surface area (Å²) in [5, 5.41) is 5.11. The molecule has 0 amide bonds. The normalized spacial score (nSPS) is 18.5. The molecule has 0 spiro atoms. The summed E-state index contributed by atoms with van der Waals surface area (Å²) in [6.45, 7) is -0.213. The van der Waals surface area contributed by atoms with E-state index in [2.05, 4.69) is 46.5 Å². The van der Waals surface area contributed by atoms with Crippen molar-refractivity contribution in [3.05, 3.63) is 104 Å². The molecule has 0 aliphatic heterocycles. The molecule has 2 atom stereocenters. The summed E-state index contributed by atoms with van der Waals surface area (Å²) in [5.74, 6) is 1.38. The van der Waals surface area contributed by atoms with Crippen LogP contribution in [-0.2, 0) is 6.42 Å². The van der Waals surface area contributed by atoms with E-state index in [4.69, 9.17) is 32.5 Å². The molecule has 8 heteroatoms. The second-order valence-electron chi connectivity index (χ2n) is 11.6. The Labute approximate surface area is 261 Å². The Bertz CT molecular complexity index is 1660. The number of unbranched alkanes of at least 4 members (excludes halogenated alkanes) is 2. The second kappa shape index (κ2) is 13.5. The van der Waals surface area contributed by atoms with E-state index in [9.17, 15) is 9.18 Å². The van der Waals surface area contributed by atoms with Gasteiger partial charge in [-0.3, -0.25) is 13.9 Å². The summed E-state index contributed by atoms with van der Waals surface area (Å²) >= 11 is 13.0. The first kappa shape index (κ1) is 29.7. The fourth-order valence-electron chi connectivity index (χ4n) is 6.62. The SMILES string of the molecule is O=c1[nH]c(-c2ccc3c(c2)CCCC(c2ccc(Cl)cc2Cl)=C3c2ccc(O[C@H]3CCC(CCCCCF)C3)cc2)no1. The van der Waals surface area contributed by atoms with Gasteiger partial charge in [-0.15, -0.1) is 0 Å². The molecule has 224 valence electrons. The second-order valence-corrected chi connectivity index (χ2v) is 12.5. The monoisotopic (exact) mass is 620 g/mol. The van der Waals surface area contributed by atoms with Gasteiger partial charge < -0.3 is 4.74 Å². The number of halogens is 3. The molecule has 1 fully saturated rings. The van der Waals surface area contributed by atoms with Gasteiger partial charge in [-0.1, -0.05) is 78.0 Å². The number of aromatic nitrogens is 2. The molecule has 0 radical (unpaired) electrons. The summed E-state index contributed by atoms with van der Waals surface area (Å²) < 4.78 is 23.6. The number of aromatic amines is 1. The third-order valence-corrected chi connectivity index (χ3v) is 9.25. The minimum absolute atomic E-state index is 0.213. The molecule has 43 heavy (non-hydrogen) atoms. The molecule has 0 bridgehead atoms. The Hall–Kier alpha value is -3.35. The third kappa shape index (κ3) is 6.91. The molecule has 1 aromatic heterocycles. The molecule has 6 rings (SSSR count). The van der Waals surface area contributed by atoms with E-state index in [1.807, 2.05) is 18.2 Å². The predicted molar refractivity (Wildman–Crippen MR) is 171 cm³/mol. The summed E-state index contributed by atoms with van der Waals surface area (Å²) in [6.07, 6.45) is 10.1. The molecule has 1 saturated carbocycles. The number of H-pyrrole nitrogens is 1. The van der Waals surface area contributed by atoms with E-state index in [0.29, 0.717) is 28.2 Å². The third-order valence-electron chi connectivity index (χ3n) is 8.70. The average Bonchev–Trinajstić information content (AvgIpc) is 3.60. The van der Waals surface area contributed by atoms with Crippen LogP contribution in [0.1, 0.15) is 80.0 Å². The molecule has 1 heterocycles. The molecule has 1 unspecified atom stereocenters. The number of ether oxygens (including phenoxy) is 1. The van der Waals surface area contributed by atoms with Gasteiger partial charge >= 0.3 is 5.76 Å². The van der Waals surface area contributed by atoms with Gasteiger partial charge in [0.25, 0.3) is 0 Å². The maximum atomic E-state index is 12.4. The minimum atomic E-state index is -0.575. The topological polar surface area (TPSA) is 68.1 Å². The fraction of sp³-hybridized carbons (Fsp3) is 0.371. The number of hydrogen-bond acceptors (Lipinski definition) is 4. The van der Waals surface area contributed by atoms with Crippen LogP contribution in [0.25, 0.3) is 22.5 Å². The van der Waals surface area contributed by atoms with E-state index in [1.165, 1.54) is 17.6 Å². The molecule has 0 saturated heterocycles. The van der Waals surface area contributed by atoms with Crippen LogP contribution in [0.4, 0.5) is 4.39 Å². The lowest BCUT2D eigenvalue weighted by Crippen LogP contribution is -2.12. The van der Waals surface area contributed by atoms with E-state index in [-0.39, 0.29) is 12.8 Å². The van der Waals surface area contributed by atoms with Crippen LogP contribution in [-0.4, -0.2) is 22.9 Å². The van der Waals surface area contributed by atoms with Crippen LogP contribution in [0.15, 0.2) is 70.0 Å². The summed E-state index contributed by atoms with van der Waals surface area (Å²) in [7, 11) is 0. The highest BCUT2D eigenvalue weighted by molar-refractivity contribution is 6.36. The predicted octanol–water partition coefficient (Wildman–Crippen LogP) is 9.71. The largest absolute Gasteiger partial charge is 0.490 e. The van der Waals surface area contributed by atoms with Crippen molar-refractivity contribution in [1.82, 2.24) is 10.1 Å². The molecule has 3 aromatic carbocycles. The summed E-state index contributed by atoms with van der Waals surface area (Å²) in [4.78, 5) is 14.2. The smallest absolute Gasteiger partial charge is 0.439 e. The van der Waals surface area contributed by atoms with Crippen LogP contribution < -0.4 is 10.5 Å². The highest BCUT2D eigenvalue weighted by Crippen LogP contribution is 2.43. The van der Waals surface area contributed by atoms with Gasteiger partial charge in [0.2, 0.25) is 0 Å². The van der Waals surface area contributed by atoms with E-state index in [0.717, 1.165) is 84.9 Å². The number of aryl methyl sites for hydroxylation is 1. The Morgan fingerprint density at radius 2 is 1.74 bits per heavy atom. The first-order chi connectivity index (χ1) is 21.0. The van der Waals surface area contributed by atoms with Gasteiger partial charge in [-0.25, -0.2) is 4.79 Å². The van der Waals surface area contributed by atoms with Gasteiger partial charge in [-0.2, -0.15) is 0 Å². The van der Waals surface area contributed by atoms with Gasteiger partial charge in [0.1, 0.15) is 5.75 Å². The number of nitrogens with zero attached hydrogens (tertiary/aromatic N) is 1. The Morgan fingerprint density at radius 1 is 0.930 bits per heavy atom. The van der Waals surface area contributed by atoms with Crippen molar-refractivity contribution in [2.24, 2.45) is 5.92 Å². The minimum Gasteiger partial charge on any atom is -0.490 e. The molecule has 4 aromatic rings. The van der Waals surface area contributed by atoms with Gasteiger partial charge in [0.05, 0.1) is 12.8 Å². The molecular formula is C35H35Cl2FN2O3. The number of hydrogen-bond donors (Lipinski definition) is 1. The van der Waals surface area contributed by atoms with Crippen LogP contribution in [0.3, 0.4) is 0 Å². The number of rotatable bonds is 10. The van der Waals surface area contributed by atoms with Crippen LogP contribution in [0.2, 0.25) is 10.0 Å². The van der Waals surface area contributed by atoms with Crippen molar-refractivity contribution in [1.29, 1.82) is 0 Å². The van der Waals surface area contributed by atoms with E-state index < -0.39 is 5.76 Å². The maximum Gasteiger partial charge on any atom is 0.439 e. The Kier molecular flexibility index (Phi) is 9.34. The lowest BCUT2D eigenvalue weighted by molar-refractivity contribution is 0.203. The Morgan fingerprint density at radius 3 is 2.51 bits per heavy atom. The van der Waals surface area contributed by atoms with Crippen molar-refractivity contribution in [3.8, 4) is 17.1 Å². The number of alkyl halides is 1. The lowest BCUT2D eigenvalue weighted by Gasteiger charge is -2.19. The quantitative estimate of drug-likeness (QED) is 0.179. The van der Waals surface area contributed by atoms with Crippen LogP contribution in [0.5, 0.6) is 5.75 Å². The maximum absolute atomic E-state index is 12.4. The number of fused-ring (bicyclic) bond motifs is 1. The molecule has 1 N–H and O–H groups in total. The molecule has 2 aliphatic rings. The first-order valence-electron chi connectivity index (χ1n) is 15.2. The highest BCUT2D eigenvalue weighted by atomic mass is 35.5. The zero-order valence-corrected chi connectivity index (χ0v) is 25.5. The number of allylic oxidation sites excluding steroid dienone is 1. The van der Waals surface area contributed by atoms with Gasteiger partial charge in [0.15, 0.2) is 5.82 Å². The fourth-order valence-corrected chi connectivity index (χ4v) is 7.14. The highest BCUT2D eigenvalue weighted by Gasteiger charge is 2.26. The van der Waals surface area contributed by atoms with Crippen LogP contribution in [0, 0.1) is 5.92 Å².